The first kappa shape index (κ1) is 20.8. The number of rotatable bonds is 6. The van der Waals surface area contributed by atoms with Gasteiger partial charge >= 0.3 is 0 Å². The Morgan fingerprint density at radius 1 is 1.36 bits per heavy atom. The number of aromatic amines is 1. The van der Waals surface area contributed by atoms with Gasteiger partial charge in [-0.05, 0) is 18.4 Å². The number of anilines is 1. The van der Waals surface area contributed by atoms with Crippen LogP contribution in [0.5, 0.6) is 0 Å². The van der Waals surface area contributed by atoms with Crippen LogP contribution < -0.4 is 11.1 Å². The van der Waals surface area contributed by atoms with Crippen LogP contribution >= 0.6 is 24.0 Å². The molecule has 0 spiro atoms. The average molecular weight is 453 g/mol. The molecule has 0 radical (unpaired) electrons. The number of guanidine groups is 1. The van der Waals surface area contributed by atoms with Crippen molar-refractivity contribution in [2.45, 2.75) is 19.4 Å². The number of hydrogen-bond donors (Lipinski definition) is 3. The number of hydrogen-bond acceptors (Lipinski definition) is 4. The van der Waals surface area contributed by atoms with Crippen LogP contribution in [0, 0.1) is 11.3 Å². The van der Waals surface area contributed by atoms with E-state index in [2.05, 4.69) is 38.7 Å². The number of halogens is 1. The van der Waals surface area contributed by atoms with E-state index in [4.69, 9.17) is 11.0 Å². The van der Waals surface area contributed by atoms with Crippen LogP contribution in [0.2, 0.25) is 0 Å². The van der Waals surface area contributed by atoms with Crippen molar-refractivity contribution in [1.82, 2.24) is 20.4 Å². The second-order valence-electron chi connectivity index (χ2n) is 5.62. The highest BCUT2D eigenvalue weighted by molar-refractivity contribution is 14.0. The Bertz CT molecular complexity index is 716. The molecule has 0 aliphatic rings. The van der Waals surface area contributed by atoms with E-state index < -0.39 is 0 Å². The molecule has 0 saturated carbocycles. The highest BCUT2D eigenvalue weighted by Crippen LogP contribution is 2.12. The largest absolute Gasteiger partial charge is 0.381 e. The lowest BCUT2D eigenvalue weighted by atomic mass is 10.1. The van der Waals surface area contributed by atoms with E-state index in [-0.39, 0.29) is 29.8 Å². The minimum atomic E-state index is 0. The van der Waals surface area contributed by atoms with Gasteiger partial charge in [0, 0.05) is 20.6 Å². The van der Waals surface area contributed by atoms with Gasteiger partial charge < -0.3 is 16.0 Å². The third kappa shape index (κ3) is 6.26. The Morgan fingerprint density at radius 3 is 2.72 bits per heavy atom. The smallest absolute Gasteiger partial charge is 0.193 e. The van der Waals surface area contributed by atoms with Gasteiger partial charge in [-0.25, -0.2) is 4.99 Å². The lowest BCUT2D eigenvalue weighted by molar-refractivity contribution is 0.574. The number of H-pyrrole nitrogens is 1. The fourth-order valence-corrected chi connectivity index (χ4v) is 2.27. The first-order valence-electron chi connectivity index (χ1n) is 7.84. The van der Waals surface area contributed by atoms with Crippen molar-refractivity contribution in [3.05, 3.63) is 47.2 Å². The second-order valence-corrected chi connectivity index (χ2v) is 5.62. The van der Waals surface area contributed by atoms with Crippen LogP contribution in [0.15, 0.2) is 35.3 Å². The zero-order valence-electron chi connectivity index (χ0n) is 14.5. The van der Waals surface area contributed by atoms with E-state index in [0.29, 0.717) is 18.5 Å². The number of nitriles is 1. The molecule has 0 atom stereocenters. The lowest BCUT2D eigenvalue weighted by Crippen LogP contribution is -2.37. The Morgan fingerprint density at radius 2 is 2.08 bits per heavy atom. The zero-order chi connectivity index (χ0) is 17.4. The van der Waals surface area contributed by atoms with Gasteiger partial charge in [0.05, 0.1) is 12.2 Å². The molecule has 134 valence electrons. The monoisotopic (exact) mass is 453 g/mol. The maximum atomic E-state index is 9.05. The predicted octanol–water partition coefficient (Wildman–Crippen LogP) is 2.12. The fraction of sp³-hybridized carbons (Fsp3) is 0.353. The maximum absolute atomic E-state index is 9.05. The van der Waals surface area contributed by atoms with E-state index >= 15 is 0 Å². The molecule has 0 saturated heterocycles. The molecular weight excluding hydrogens is 429 g/mol. The third-order valence-electron chi connectivity index (χ3n) is 3.55. The summed E-state index contributed by atoms with van der Waals surface area (Å²) >= 11 is 0. The number of benzene rings is 1. The standard InChI is InChI=1S/C17H23N7.HI/c1-24(2)17(21-12-13-7-4-3-5-8-13)20-10-6-9-15-14(11-18)16(19)23-22-15;/h3-5,7-8H,6,9-10,12H2,1-2H3,(H,20,21)(H3,19,22,23);1H. The molecule has 1 heterocycles. The van der Waals surface area contributed by atoms with Crippen LogP contribution in [0.4, 0.5) is 5.82 Å². The summed E-state index contributed by atoms with van der Waals surface area (Å²) in [7, 11) is 3.92. The number of nitrogens with two attached hydrogens (primary N) is 1. The van der Waals surface area contributed by atoms with E-state index in [0.717, 1.165) is 24.6 Å². The molecule has 25 heavy (non-hydrogen) atoms. The van der Waals surface area contributed by atoms with Crippen LogP contribution in [0.1, 0.15) is 23.2 Å². The Kier molecular flexibility index (Phi) is 8.77. The predicted molar refractivity (Wildman–Crippen MR) is 111 cm³/mol. The fourth-order valence-electron chi connectivity index (χ4n) is 2.27. The minimum absolute atomic E-state index is 0. The molecule has 0 unspecified atom stereocenters. The molecule has 0 aliphatic heterocycles. The molecule has 0 aliphatic carbocycles. The van der Waals surface area contributed by atoms with E-state index in [1.54, 1.807) is 0 Å². The Labute approximate surface area is 165 Å². The van der Waals surface area contributed by atoms with Gasteiger partial charge in [0.2, 0.25) is 0 Å². The summed E-state index contributed by atoms with van der Waals surface area (Å²) in [4.78, 5) is 6.57. The SMILES string of the molecule is CN(C)C(=NCc1ccccc1)NCCCc1[nH]nc(N)c1C#N.I. The van der Waals surface area contributed by atoms with Gasteiger partial charge in [-0.1, -0.05) is 30.3 Å². The van der Waals surface area contributed by atoms with Crippen molar-refractivity contribution in [3.63, 3.8) is 0 Å². The highest BCUT2D eigenvalue weighted by atomic mass is 127. The molecule has 1 aromatic carbocycles. The first-order valence-corrected chi connectivity index (χ1v) is 7.84. The van der Waals surface area contributed by atoms with Crippen molar-refractivity contribution >= 4 is 35.8 Å². The minimum Gasteiger partial charge on any atom is -0.381 e. The van der Waals surface area contributed by atoms with Crippen LogP contribution in [0.25, 0.3) is 0 Å². The summed E-state index contributed by atoms with van der Waals surface area (Å²) in [6, 6.07) is 12.2. The maximum Gasteiger partial charge on any atom is 0.193 e. The first-order chi connectivity index (χ1) is 11.6. The Balaban J connectivity index is 0.00000312. The molecule has 0 bridgehead atoms. The van der Waals surface area contributed by atoms with E-state index in [1.165, 1.54) is 5.56 Å². The van der Waals surface area contributed by atoms with Crippen molar-refractivity contribution in [2.24, 2.45) is 4.99 Å². The second kappa shape index (κ2) is 10.6. The number of nitrogens with one attached hydrogen (secondary N) is 2. The molecular formula is C17H24IN7. The summed E-state index contributed by atoms with van der Waals surface area (Å²) < 4.78 is 0. The Hall–Kier alpha value is -2.28. The van der Waals surface area contributed by atoms with Crippen molar-refractivity contribution in [1.29, 1.82) is 5.26 Å². The number of nitrogen functional groups attached to an aromatic ring is 1. The van der Waals surface area contributed by atoms with Gasteiger partial charge in [0.15, 0.2) is 11.8 Å². The van der Waals surface area contributed by atoms with Gasteiger partial charge in [-0.2, -0.15) is 10.4 Å². The topological polar surface area (TPSA) is 106 Å². The van der Waals surface area contributed by atoms with Crippen molar-refractivity contribution < 1.29 is 0 Å². The summed E-state index contributed by atoms with van der Waals surface area (Å²) in [6.45, 7) is 1.38. The molecule has 1 aromatic heterocycles. The van der Waals surface area contributed by atoms with Crippen molar-refractivity contribution in [2.75, 3.05) is 26.4 Å². The van der Waals surface area contributed by atoms with Crippen LogP contribution in [-0.2, 0) is 13.0 Å². The van der Waals surface area contributed by atoms with Crippen LogP contribution in [0.3, 0.4) is 0 Å². The quantitative estimate of drug-likeness (QED) is 0.269. The molecule has 7 nitrogen and oxygen atoms in total. The lowest BCUT2D eigenvalue weighted by Gasteiger charge is -2.17. The van der Waals surface area contributed by atoms with Crippen molar-refractivity contribution in [3.8, 4) is 6.07 Å². The number of aromatic nitrogens is 2. The molecule has 0 amide bonds. The summed E-state index contributed by atoms with van der Waals surface area (Å²) in [6.07, 6.45) is 1.55. The molecule has 0 fully saturated rings. The normalized spacial score (nSPS) is 10.7. The summed E-state index contributed by atoms with van der Waals surface area (Å²) in [5.74, 6) is 1.10. The summed E-state index contributed by atoms with van der Waals surface area (Å²) in [5, 5.41) is 19.1. The summed E-state index contributed by atoms with van der Waals surface area (Å²) in [5.41, 5.74) is 8.03. The molecule has 4 N–H and O–H groups in total. The zero-order valence-corrected chi connectivity index (χ0v) is 16.8. The highest BCUT2D eigenvalue weighted by Gasteiger charge is 2.09. The van der Waals surface area contributed by atoms with E-state index in [9.17, 15) is 0 Å². The number of aliphatic imine (C=N–C) groups is 1. The molecule has 8 heteroatoms. The van der Waals surface area contributed by atoms with Gasteiger partial charge in [-0.3, -0.25) is 5.10 Å². The van der Waals surface area contributed by atoms with Crippen LogP contribution in [-0.4, -0.2) is 41.7 Å². The van der Waals surface area contributed by atoms with Gasteiger partial charge in [-0.15, -0.1) is 24.0 Å². The average Bonchev–Trinajstić information content (AvgIpc) is 2.94. The molecule has 2 rings (SSSR count). The van der Waals surface area contributed by atoms with E-state index in [1.807, 2.05) is 37.2 Å². The molecule has 2 aromatic rings. The number of aryl methyl sites for hydroxylation is 1. The third-order valence-corrected chi connectivity index (χ3v) is 3.55. The van der Waals surface area contributed by atoms with Gasteiger partial charge in [0.25, 0.3) is 0 Å². The van der Waals surface area contributed by atoms with Gasteiger partial charge in [0.1, 0.15) is 11.6 Å². The number of nitrogens with zero attached hydrogens (tertiary/aromatic N) is 4.